The third-order valence-corrected chi connectivity index (χ3v) is 4.78. The van der Waals surface area contributed by atoms with Gasteiger partial charge in [0.05, 0.1) is 12.6 Å². The molecule has 2 aromatic heterocycles. The Kier molecular flexibility index (Phi) is 4.72. The van der Waals surface area contributed by atoms with Gasteiger partial charge in [0, 0.05) is 12.5 Å². The van der Waals surface area contributed by atoms with Crippen LogP contribution in [0.4, 0.5) is 4.39 Å². The largest absolute Gasteiger partial charge is 0.283 e. The molecule has 4 rings (SSSR count). The quantitative estimate of drug-likeness (QED) is 0.718. The molecule has 0 radical (unpaired) electrons. The first-order valence-corrected chi connectivity index (χ1v) is 9.74. The maximum absolute atomic E-state index is 13.1. The van der Waals surface area contributed by atoms with Crippen LogP contribution in [0.25, 0.3) is 11.0 Å². The third kappa shape index (κ3) is 4.21. The molecule has 1 saturated carbocycles. The van der Waals surface area contributed by atoms with Crippen LogP contribution in [0.3, 0.4) is 0 Å². The Morgan fingerprint density at radius 2 is 1.93 bits per heavy atom. The van der Waals surface area contributed by atoms with Crippen molar-refractivity contribution in [2.45, 2.75) is 52.5 Å². The SMILES string of the molecule is CC(C)(C)Cn1ncc2c(=O)n(NC(=O)Cc3ccc(F)cc3)c(C3CC3)nc21. The molecule has 0 bridgehead atoms. The van der Waals surface area contributed by atoms with Gasteiger partial charge >= 0.3 is 0 Å². The molecule has 1 fully saturated rings. The summed E-state index contributed by atoms with van der Waals surface area (Å²) in [5.41, 5.74) is 3.56. The summed E-state index contributed by atoms with van der Waals surface area (Å²) in [5, 5.41) is 4.73. The topological polar surface area (TPSA) is 81.8 Å². The minimum atomic E-state index is -0.358. The molecule has 1 amide bonds. The summed E-state index contributed by atoms with van der Waals surface area (Å²) in [6.45, 7) is 6.92. The van der Waals surface area contributed by atoms with Crippen molar-refractivity contribution in [1.29, 1.82) is 0 Å². The summed E-state index contributed by atoms with van der Waals surface area (Å²) in [6.07, 6.45) is 3.41. The van der Waals surface area contributed by atoms with Crippen LogP contribution in [0.15, 0.2) is 35.3 Å². The van der Waals surface area contributed by atoms with Crippen molar-refractivity contribution in [3.63, 3.8) is 0 Å². The van der Waals surface area contributed by atoms with E-state index in [0.717, 1.165) is 12.8 Å². The molecule has 0 unspecified atom stereocenters. The highest BCUT2D eigenvalue weighted by Crippen LogP contribution is 2.38. The number of rotatable bonds is 5. The predicted molar refractivity (Wildman–Crippen MR) is 108 cm³/mol. The molecule has 3 aromatic rings. The number of amides is 1. The highest BCUT2D eigenvalue weighted by molar-refractivity contribution is 5.86. The molecule has 1 N–H and O–H groups in total. The van der Waals surface area contributed by atoms with E-state index < -0.39 is 0 Å². The first-order valence-electron chi connectivity index (χ1n) is 9.74. The van der Waals surface area contributed by atoms with Gasteiger partial charge in [0.2, 0.25) is 5.91 Å². The normalized spacial score (nSPS) is 14.3. The van der Waals surface area contributed by atoms with Gasteiger partial charge in [-0.05, 0) is 36.0 Å². The van der Waals surface area contributed by atoms with Gasteiger partial charge < -0.3 is 0 Å². The zero-order chi connectivity index (χ0) is 20.8. The van der Waals surface area contributed by atoms with Crippen molar-refractivity contribution in [1.82, 2.24) is 19.4 Å². The minimum Gasteiger partial charge on any atom is -0.273 e. The van der Waals surface area contributed by atoms with Crippen LogP contribution >= 0.6 is 0 Å². The van der Waals surface area contributed by atoms with Gasteiger partial charge in [-0.2, -0.15) is 5.10 Å². The Labute approximate surface area is 167 Å². The Morgan fingerprint density at radius 3 is 2.55 bits per heavy atom. The average molecular weight is 397 g/mol. The van der Waals surface area contributed by atoms with Crippen LogP contribution in [-0.4, -0.2) is 25.3 Å². The van der Waals surface area contributed by atoms with Gasteiger partial charge in [-0.25, -0.2) is 18.7 Å². The van der Waals surface area contributed by atoms with Crippen LogP contribution in [-0.2, 0) is 17.8 Å². The summed E-state index contributed by atoms with van der Waals surface area (Å²) in [7, 11) is 0. The molecule has 2 heterocycles. The van der Waals surface area contributed by atoms with E-state index in [-0.39, 0.29) is 35.0 Å². The third-order valence-electron chi connectivity index (χ3n) is 4.78. The molecule has 1 aromatic carbocycles. The Morgan fingerprint density at radius 1 is 1.24 bits per heavy atom. The number of nitrogens with zero attached hydrogens (tertiary/aromatic N) is 4. The maximum atomic E-state index is 13.1. The Balaban J connectivity index is 1.67. The van der Waals surface area contributed by atoms with E-state index in [2.05, 4.69) is 31.3 Å². The number of aromatic nitrogens is 4. The zero-order valence-corrected chi connectivity index (χ0v) is 16.8. The fourth-order valence-corrected chi connectivity index (χ4v) is 3.27. The van der Waals surface area contributed by atoms with Crippen LogP contribution in [0.2, 0.25) is 0 Å². The van der Waals surface area contributed by atoms with Crippen LogP contribution < -0.4 is 11.0 Å². The number of carbonyl (C=O) groups is 1. The van der Waals surface area contributed by atoms with E-state index in [1.54, 1.807) is 16.8 Å². The van der Waals surface area contributed by atoms with E-state index in [9.17, 15) is 14.0 Å². The lowest BCUT2D eigenvalue weighted by Gasteiger charge is -2.19. The molecule has 0 saturated heterocycles. The highest BCUT2D eigenvalue weighted by Gasteiger charge is 2.31. The van der Waals surface area contributed by atoms with Crippen LogP contribution in [0.5, 0.6) is 0 Å². The van der Waals surface area contributed by atoms with E-state index in [1.807, 2.05) is 0 Å². The second-order valence-corrected chi connectivity index (χ2v) is 8.82. The predicted octanol–water partition coefficient (Wildman–Crippen LogP) is 2.97. The number of nitrogens with one attached hydrogen (secondary N) is 1. The Hall–Kier alpha value is -3.03. The zero-order valence-electron chi connectivity index (χ0n) is 16.8. The van der Waals surface area contributed by atoms with Crippen molar-refractivity contribution >= 4 is 16.9 Å². The molecular formula is C21H24FN5O2. The summed E-state index contributed by atoms with van der Waals surface area (Å²) in [6, 6.07) is 5.72. The smallest absolute Gasteiger partial charge is 0.273 e. The van der Waals surface area contributed by atoms with Gasteiger partial charge in [-0.15, -0.1) is 0 Å². The molecule has 29 heavy (non-hydrogen) atoms. The lowest BCUT2D eigenvalue weighted by molar-refractivity contribution is -0.116. The Bertz CT molecular complexity index is 1120. The van der Waals surface area contributed by atoms with E-state index in [1.165, 1.54) is 23.0 Å². The van der Waals surface area contributed by atoms with E-state index >= 15 is 0 Å². The van der Waals surface area contributed by atoms with Gasteiger partial charge in [0.15, 0.2) is 5.65 Å². The summed E-state index contributed by atoms with van der Waals surface area (Å²) in [5.74, 6) is -0.00557. The van der Waals surface area contributed by atoms with Crippen molar-refractivity contribution in [2.24, 2.45) is 5.41 Å². The summed E-state index contributed by atoms with van der Waals surface area (Å²) >= 11 is 0. The van der Waals surface area contributed by atoms with Crippen LogP contribution in [0, 0.1) is 11.2 Å². The van der Waals surface area contributed by atoms with E-state index in [0.29, 0.717) is 29.0 Å². The van der Waals surface area contributed by atoms with Crippen molar-refractivity contribution < 1.29 is 9.18 Å². The average Bonchev–Trinajstić information content (AvgIpc) is 3.41. The monoisotopic (exact) mass is 397 g/mol. The van der Waals surface area contributed by atoms with E-state index in [4.69, 9.17) is 4.98 Å². The first-order chi connectivity index (χ1) is 13.7. The molecule has 7 nitrogen and oxygen atoms in total. The molecule has 0 spiro atoms. The number of hydrogen-bond acceptors (Lipinski definition) is 4. The highest BCUT2D eigenvalue weighted by atomic mass is 19.1. The van der Waals surface area contributed by atoms with Crippen molar-refractivity contribution in [3.8, 4) is 0 Å². The molecule has 8 heteroatoms. The van der Waals surface area contributed by atoms with Crippen molar-refractivity contribution in [3.05, 3.63) is 58.0 Å². The number of hydrogen-bond donors (Lipinski definition) is 1. The number of halogens is 1. The lowest BCUT2D eigenvalue weighted by Crippen LogP contribution is -2.37. The molecule has 0 atom stereocenters. The maximum Gasteiger partial charge on any atom is 0.283 e. The standard InChI is InChI=1S/C21H24FN5O2/c1-21(2,3)12-26-19-16(11-23-26)20(29)27(18(24-19)14-6-7-14)25-17(28)10-13-4-8-15(22)9-5-13/h4-5,8-9,11,14H,6-7,10,12H2,1-3H3,(H,25,28). The number of fused-ring (bicyclic) bond motifs is 1. The van der Waals surface area contributed by atoms with Gasteiger partial charge in [-0.3, -0.25) is 15.0 Å². The minimum absolute atomic E-state index is 0.0153. The second-order valence-electron chi connectivity index (χ2n) is 8.82. The molecule has 152 valence electrons. The fraction of sp³-hybridized carbons (Fsp3) is 0.429. The molecule has 0 aliphatic heterocycles. The molecule has 1 aliphatic rings. The van der Waals surface area contributed by atoms with Crippen molar-refractivity contribution in [2.75, 3.05) is 5.43 Å². The van der Waals surface area contributed by atoms with Gasteiger partial charge in [0.1, 0.15) is 17.0 Å². The molecular weight excluding hydrogens is 373 g/mol. The second kappa shape index (κ2) is 7.09. The summed E-state index contributed by atoms with van der Waals surface area (Å²) < 4.78 is 16.1. The van der Waals surface area contributed by atoms with Gasteiger partial charge in [0.25, 0.3) is 5.56 Å². The first kappa shape index (κ1) is 19.3. The fourth-order valence-electron chi connectivity index (χ4n) is 3.27. The van der Waals surface area contributed by atoms with Crippen LogP contribution in [0.1, 0.15) is 50.9 Å². The number of carbonyl (C=O) groups excluding carboxylic acids is 1. The molecule has 1 aliphatic carbocycles. The lowest BCUT2D eigenvalue weighted by atomic mass is 9.97. The number of benzene rings is 1. The van der Waals surface area contributed by atoms with Gasteiger partial charge in [-0.1, -0.05) is 32.9 Å². The summed E-state index contributed by atoms with van der Waals surface area (Å²) in [4.78, 5) is 30.3.